The number of rotatable bonds is 14. The quantitative estimate of drug-likeness (QED) is 0.177. The number of benzene rings is 4. The summed E-state index contributed by atoms with van der Waals surface area (Å²) < 4.78 is 39.3. The van der Waals surface area contributed by atoms with Crippen LogP contribution in [-0.2, 0) is 14.2 Å². The van der Waals surface area contributed by atoms with Gasteiger partial charge in [-0.05, 0) is 70.1 Å². The van der Waals surface area contributed by atoms with Gasteiger partial charge in [-0.15, -0.1) is 0 Å². The molecule has 2 aliphatic heterocycles. The first-order valence-electron chi connectivity index (χ1n) is 12.7. The second-order valence-corrected chi connectivity index (χ2v) is 9.18. The highest BCUT2D eigenvalue weighted by Gasteiger charge is 2.23. The number of ether oxygens (including phenoxy) is 7. The van der Waals surface area contributed by atoms with Gasteiger partial charge < -0.3 is 33.2 Å². The number of fused-ring (bicyclic) bond motifs is 2. The summed E-state index contributed by atoms with van der Waals surface area (Å²) in [6.45, 7) is 4.73. The van der Waals surface area contributed by atoms with E-state index in [2.05, 4.69) is 0 Å². The molecule has 4 aromatic carbocycles. The fraction of sp³-hybridized carbons (Fsp3) is 0.333. The lowest BCUT2D eigenvalue weighted by Crippen LogP contribution is -2.12. The molecule has 0 bridgehead atoms. The minimum atomic E-state index is 0.251. The normalized spacial score (nSPS) is 18.1. The molecule has 0 aliphatic carbocycles. The molecule has 0 amide bonds. The zero-order valence-corrected chi connectivity index (χ0v) is 20.6. The van der Waals surface area contributed by atoms with Crippen molar-refractivity contribution in [3.8, 4) is 23.0 Å². The summed E-state index contributed by atoms with van der Waals surface area (Å²) in [4.78, 5) is 0. The summed E-state index contributed by atoms with van der Waals surface area (Å²) in [7, 11) is 0. The van der Waals surface area contributed by atoms with E-state index in [0.717, 1.165) is 57.8 Å². The lowest BCUT2D eigenvalue weighted by Gasteiger charge is -2.11. The van der Waals surface area contributed by atoms with Gasteiger partial charge in [0.25, 0.3) is 0 Å². The summed E-state index contributed by atoms with van der Waals surface area (Å²) in [5, 5.41) is 4.44. The third kappa shape index (κ3) is 6.83. The number of hydrogen-bond donors (Lipinski definition) is 0. The zero-order valence-electron chi connectivity index (χ0n) is 20.6. The van der Waals surface area contributed by atoms with E-state index < -0.39 is 0 Å². The zero-order chi connectivity index (χ0) is 24.9. The van der Waals surface area contributed by atoms with Crippen molar-refractivity contribution in [1.29, 1.82) is 0 Å². The maximum absolute atomic E-state index is 5.86. The second kappa shape index (κ2) is 11.3. The van der Waals surface area contributed by atoms with E-state index in [4.69, 9.17) is 33.2 Å². The third-order valence-corrected chi connectivity index (χ3v) is 6.24. The van der Waals surface area contributed by atoms with Gasteiger partial charge in [-0.1, -0.05) is 24.3 Å². The Morgan fingerprint density at radius 2 is 0.838 bits per heavy atom. The van der Waals surface area contributed by atoms with Crippen molar-refractivity contribution in [2.45, 2.75) is 12.2 Å². The lowest BCUT2D eigenvalue weighted by molar-refractivity contribution is 0.0765. The Balaban J connectivity index is 0.894. The molecule has 2 saturated heterocycles. The van der Waals surface area contributed by atoms with Gasteiger partial charge >= 0.3 is 0 Å². The Hall–Kier alpha value is -3.52. The van der Waals surface area contributed by atoms with Gasteiger partial charge in [-0.25, -0.2) is 0 Å². The first-order chi connectivity index (χ1) is 18.3. The van der Waals surface area contributed by atoms with E-state index >= 15 is 0 Å². The van der Waals surface area contributed by atoms with E-state index in [1.807, 2.05) is 72.8 Å². The highest BCUT2D eigenvalue weighted by molar-refractivity contribution is 5.86. The van der Waals surface area contributed by atoms with Crippen molar-refractivity contribution in [3.63, 3.8) is 0 Å². The minimum absolute atomic E-state index is 0.251. The summed E-state index contributed by atoms with van der Waals surface area (Å²) in [5.41, 5.74) is 0. The molecule has 0 radical (unpaired) electrons. The second-order valence-electron chi connectivity index (χ2n) is 9.18. The maximum atomic E-state index is 5.86. The summed E-state index contributed by atoms with van der Waals surface area (Å²) >= 11 is 0. The molecule has 2 heterocycles. The van der Waals surface area contributed by atoms with Crippen molar-refractivity contribution in [2.75, 3.05) is 52.9 Å². The molecule has 0 spiro atoms. The number of hydrogen-bond acceptors (Lipinski definition) is 7. The molecule has 7 nitrogen and oxygen atoms in total. The molecule has 37 heavy (non-hydrogen) atoms. The standard InChI is InChI=1S/C30H30O7/c1-5-25(13-21-3-7-27(15-23(1)21)34-17-29-19-36-29)32-11-9-31-10-12-33-26-6-2-24-16-28(8-4-22(24)14-26)35-18-30-20-37-30/h1-8,13-16,29-30H,9-12,17-20H2. The van der Waals surface area contributed by atoms with Gasteiger partial charge in [-0.2, -0.15) is 0 Å². The molecule has 6 rings (SSSR count). The Bertz CT molecular complexity index is 1240. The van der Waals surface area contributed by atoms with Gasteiger partial charge in [-0.3, -0.25) is 0 Å². The molecule has 0 N–H and O–H groups in total. The van der Waals surface area contributed by atoms with Crippen LogP contribution in [0.25, 0.3) is 21.5 Å². The first-order valence-corrected chi connectivity index (χ1v) is 12.7. The van der Waals surface area contributed by atoms with Crippen molar-refractivity contribution < 1.29 is 33.2 Å². The predicted octanol–water partition coefficient (Wildman–Crippen LogP) is 5.02. The SMILES string of the molecule is c1cc2cc(OCC3CO3)ccc2cc1OCCOCCOc1ccc2cc(OCC3CO3)ccc2c1. The van der Waals surface area contributed by atoms with E-state index in [1.165, 1.54) is 0 Å². The summed E-state index contributed by atoms with van der Waals surface area (Å²) in [5.74, 6) is 3.35. The summed E-state index contributed by atoms with van der Waals surface area (Å²) in [6, 6.07) is 24.2. The van der Waals surface area contributed by atoms with Crippen LogP contribution in [0.3, 0.4) is 0 Å². The molecule has 2 atom stereocenters. The van der Waals surface area contributed by atoms with Crippen molar-refractivity contribution in [3.05, 3.63) is 72.8 Å². The fourth-order valence-corrected chi connectivity index (χ4v) is 4.01. The highest BCUT2D eigenvalue weighted by atomic mass is 16.6. The molecular formula is C30H30O7. The molecule has 0 aromatic heterocycles. The van der Waals surface area contributed by atoms with Crippen LogP contribution in [0.15, 0.2) is 72.8 Å². The van der Waals surface area contributed by atoms with Crippen molar-refractivity contribution in [2.24, 2.45) is 0 Å². The third-order valence-electron chi connectivity index (χ3n) is 6.24. The van der Waals surface area contributed by atoms with Gasteiger partial charge in [0.2, 0.25) is 0 Å². The Morgan fingerprint density at radius 1 is 0.486 bits per heavy atom. The average Bonchev–Trinajstić information content (AvgIpc) is 3.85. The van der Waals surface area contributed by atoms with E-state index in [0.29, 0.717) is 39.6 Å². The molecule has 0 saturated carbocycles. The van der Waals surface area contributed by atoms with Crippen LogP contribution < -0.4 is 18.9 Å². The van der Waals surface area contributed by atoms with E-state index in [-0.39, 0.29) is 12.2 Å². The van der Waals surface area contributed by atoms with E-state index in [9.17, 15) is 0 Å². The van der Waals surface area contributed by atoms with Crippen LogP contribution in [0.5, 0.6) is 23.0 Å². The van der Waals surface area contributed by atoms with Gasteiger partial charge in [0.1, 0.15) is 61.6 Å². The predicted molar refractivity (Wildman–Crippen MR) is 140 cm³/mol. The summed E-state index contributed by atoms with van der Waals surface area (Å²) in [6.07, 6.45) is 0.502. The Morgan fingerprint density at radius 3 is 1.19 bits per heavy atom. The molecule has 2 aliphatic rings. The largest absolute Gasteiger partial charge is 0.491 e. The van der Waals surface area contributed by atoms with Gasteiger partial charge in [0.05, 0.1) is 26.4 Å². The highest BCUT2D eigenvalue weighted by Crippen LogP contribution is 2.27. The van der Waals surface area contributed by atoms with Crippen LogP contribution >= 0.6 is 0 Å². The maximum Gasteiger partial charge on any atom is 0.120 e. The van der Waals surface area contributed by atoms with Crippen LogP contribution in [0.2, 0.25) is 0 Å². The van der Waals surface area contributed by atoms with Gasteiger partial charge in [0.15, 0.2) is 0 Å². The monoisotopic (exact) mass is 502 g/mol. The van der Waals surface area contributed by atoms with Crippen LogP contribution in [-0.4, -0.2) is 65.1 Å². The molecular weight excluding hydrogens is 472 g/mol. The first kappa shape index (κ1) is 23.9. The van der Waals surface area contributed by atoms with E-state index in [1.54, 1.807) is 0 Å². The molecule has 2 unspecified atom stereocenters. The van der Waals surface area contributed by atoms with Crippen LogP contribution in [0, 0.1) is 0 Å². The molecule has 4 aromatic rings. The Labute approximate surface area is 215 Å². The molecule has 7 heteroatoms. The minimum Gasteiger partial charge on any atom is -0.491 e. The van der Waals surface area contributed by atoms with Crippen LogP contribution in [0.1, 0.15) is 0 Å². The van der Waals surface area contributed by atoms with Crippen LogP contribution in [0.4, 0.5) is 0 Å². The molecule has 2 fully saturated rings. The average molecular weight is 503 g/mol. The van der Waals surface area contributed by atoms with Crippen molar-refractivity contribution >= 4 is 21.5 Å². The topological polar surface area (TPSA) is 71.2 Å². The van der Waals surface area contributed by atoms with Crippen molar-refractivity contribution in [1.82, 2.24) is 0 Å². The fourth-order valence-electron chi connectivity index (χ4n) is 4.01. The molecule has 192 valence electrons. The smallest absolute Gasteiger partial charge is 0.120 e. The lowest BCUT2D eigenvalue weighted by atomic mass is 10.1. The van der Waals surface area contributed by atoms with Gasteiger partial charge in [0, 0.05) is 0 Å². The number of epoxide rings is 2. The Kier molecular flexibility index (Phi) is 7.26.